The molecule has 7 nitrogen and oxygen atoms in total. The van der Waals surface area contributed by atoms with Crippen molar-refractivity contribution in [2.24, 2.45) is 7.05 Å². The zero-order valence-electron chi connectivity index (χ0n) is 22.7. The van der Waals surface area contributed by atoms with Crippen LogP contribution in [0, 0.1) is 11.3 Å². The van der Waals surface area contributed by atoms with E-state index in [4.69, 9.17) is 10.4 Å². The van der Waals surface area contributed by atoms with Crippen LogP contribution in [0.1, 0.15) is 86.8 Å². The maximum Gasteiger partial charge on any atom is 0.421 e. The summed E-state index contributed by atoms with van der Waals surface area (Å²) in [5, 5.41) is 21.4. The molecular formula is C29H35F3N4O3. The minimum atomic E-state index is -4.81. The second-order valence-corrected chi connectivity index (χ2v) is 9.36. The van der Waals surface area contributed by atoms with E-state index in [2.05, 4.69) is 48.0 Å². The number of hydrogen-bond acceptors (Lipinski definition) is 5. The number of carbonyl (C=O) groups is 2. The molecule has 0 bridgehead atoms. The largest absolute Gasteiger partial charge is 0.421 e. The van der Waals surface area contributed by atoms with Gasteiger partial charge in [-0.15, -0.1) is 0 Å². The van der Waals surface area contributed by atoms with Gasteiger partial charge in [0.05, 0.1) is 11.6 Å². The lowest BCUT2D eigenvalue weighted by atomic mass is 9.90. The van der Waals surface area contributed by atoms with Crippen molar-refractivity contribution < 1.29 is 27.9 Å². The molecule has 3 aromatic rings. The van der Waals surface area contributed by atoms with Gasteiger partial charge in [-0.1, -0.05) is 33.6 Å². The molecule has 39 heavy (non-hydrogen) atoms. The van der Waals surface area contributed by atoms with Gasteiger partial charge >= 0.3 is 6.18 Å². The van der Waals surface area contributed by atoms with E-state index >= 15 is 0 Å². The van der Waals surface area contributed by atoms with Gasteiger partial charge in [-0.25, -0.2) is 0 Å². The number of nitriles is 1. The van der Waals surface area contributed by atoms with E-state index in [1.807, 2.05) is 18.2 Å². The van der Waals surface area contributed by atoms with Crippen LogP contribution in [-0.2, 0) is 11.8 Å². The number of nitrogens with one attached hydrogen (secondary N) is 1. The molecule has 1 amide bonds. The number of anilines is 1. The molecule has 1 atom stereocenters. The lowest BCUT2D eigenvalue weighted by Crippen LogP contribution is -2.36. The summed E-state index contributed by atoms with van der Waals surface area (Å²) < 4.78 is 36.8. The monoisotopic (exact) mass is 544 g/mol. The third kappa shape index (κ3) is 8.65. The first-order valence-electron chi connectivity index (χ1n) is 13.0. The molecule has 0 aliphatic rings. The van der Waals surface area contributed by atoms with Gasteiger partial charge in [-0.3, -0.25) is 14.6 Å². The first-order chi connectivity index (χ1) is 18.5. The third-order valence-electron chi connectivity index (χ3n) is 6.23. The van der Waals surface area contributed by atoms with E-state index in [1.54, 1.807) is 13.0 Å². The van der Waals surface area contributed by atoms with Crippen LogP contribution in [0.25, 0.3) is 10.9 Å². The third-order valence-corrected chi connectivity index (χ3v) is 6.23. The van der Waals surface area contributed by atoms with Crippen molar-refractivity contribution in [2.45, 2.75) is 77.5 Å². The number of nitrogens with zero attached hydrogens (tertiary/aromatic N) is 3. The minimum Gasteiger partial charge on any atom is -0.377 e. The highest BCUT2D eigenvalue weighted by Gasteiger charge is 2.42. The Kier molecular flexibility index (Phi) is 11.7. The Balaban J connectivity index is 0.000000411. The molecule has 210 valence electrons. The van der Waals surface area contributed by atoms with E-state index in [0.717, 1.165) is 36.9 Å². The Labute approximate surface area is 226 Å². The SMILES string of the molecule is CCCC(=O)C(O)C(F)(F)F.CCCC(CCC)c1cn(C)c2ccc(NC(=O)c3cc(C#N)ccn3)cc12. The molecule has 2 heterocycles. The van der Waals surface area contributed by atoms with Gasteiger partial charge in [0.2, 0.25) is 6.10 Å². The number of aryl methyl sites for hydroxylation is 1. The Hall–Kier alpha value is -3.71. The summed E-state index contributed by atoms with van der Waals surface area (Å²) in [4.78, 5) is 27.1. The number of rotatable bonds is 10. The number of fused-ring (bicyclic) bond motifs is 1. The summed E-state index contributed by atoms with van der Waals surface area (Å²) in [5.74, 6) is -0.953. The lowest BCUT2D eigenvalue weighted by molar-refractivity contribution is -0.203. The van der Waals surface area contributed by atoms with Gasteiger partial charge in [0.15, 0.2) is 5.78 Å². The van der Waals surface area contributed by atoms with E-state index in [0.29, 0.717) is 17.9 Å². The highest BCUT2D eigenvalue weighted by Crippen LogP contribution is 2.34. The maximum absolute atomic E-state index is 12.6. The minimum absolute atomic E-state index is 0.235. The predicted molar refractivity (Wildman–Crippen MR) is 144 cm³/mol. The van der Waals surface area contributed by atoms with Crippen molar-refractivity contribution >= 4 is 28.3 Å². The van der Waals surface area contributed by atoms with Crippen molar-refractivity contribution in [2.75, 3.05) is 5.32 Å². The van der Waals surface area contributed by atoms with Crippen LogP contribution in [0.4, 0.5) is 18.9 Å². The summed E-state index contributed by atoms with van der Waals surface area (Å²) in [6.07, 6.45) is 0.789. The summed E-state index contributed by atoms with van der Waals surface area (Å²) in [7, 11) is 2.07. The van der Waals surface area contributed by atoms with Crippen LogP contribution in [0.2, 0.25) is 0 Å². The zero-order chi connectivity index (χ0) is 29.2. The van der Waals surface area contributed by atoms with Crippen LogP contribution in [0.15, 0.2) is 42.7 Å². The molecule has 0 saturated carbocycles. The van der Waals surface area contributed by atoms with E-state index in [-0.39, 0.29) is 18.0 Å². The summed E-state index contributed by atoms with van der Waals surface area (Å²) in [6, 6.07) is 11.1. The molecule has 0 radical (unpaired) electrons. The average molecular weight is 545 g/mol. The number of hydrogen-bond donors (Lipinski definition) is 2. The van der Waals surface area contributed by atoms with Gasteiger partial charge < -0.3 is 15.0 Å². The van der Waals surface area contributed by atoms with Crippen LogP contribution >= 0.6 is 0 Å². The fourth-order valence-corrected chi connectivity index (χ4v) is 4.36. The second-order valence-electron chi connectivity index (χ2n) is 9.36. The Morgan fingerprint density at radius 2 is 1.77 bits per heavy atom. The number of ketones is 1. The number of halogens is 3. The first-order valence-corrected chi connectivity index (χ1v) is 13.0. The van der Waals surface area contributed by atoms with E-state index in [1.165, 1.54) is 23.2 Å². The lowest BCUT2D eigenvalue weighted by Gasteiger charge is -2.15. The predicted octanol–water partition coefficient (Wildman–Crippen LogP) is 6.66. The van der Waals surface area contributed by atoms with Crippen molar-refractivity contribution in [3.63, 3.8) is 0 Å². The molecule has 0 aliphatic carbocycles. The van der Waals surface area contributed by atoms with Gasteiger partial charge in [-0.05, 0) is 61.1 Å². The average Bonchev–Trinajstić information content (AvgIpc) is 3.23. The topological polar surface area (TPSA) is 108 Å². The quantitative estimate of drug-likeness (QED) is 0.297. The fourth-order valence-electron chi connectivity index (χ4n) is 4.36. The molecule has 2 aromatic heterocycles. The number of pyridine rings is 1. The van der Waals surface area contributed by atoms with E-state index in [9.17, 15) is 22.8 Å². The Morgan fingerprint density at radius 1 is 1.10 bits per heavy atom. The number of aliphatic hydroxyl groups excluding tert-OH is 1. The Morgan fingerprint density at radius 3 is 2.33 bits per heavy atom. The normalized spacial score (nSPS) is 12.0. The molecule has 2 N–H and O–H groups in total. The molecule has 1 unspecified atom stereocenters. The van der Waals surface area contributed by atoms with Crippen molar-refractivity contribution in [1.82, 2.24) is 9.55 Å². The molecule has 3 rings (SSSR count). The van der Waals surface area contributed by atoms with E-state index < -0.39 is 18.1 Å². The number of alkyl halides is 3. The molecule has 1 aromatic carbocycles. The van der Waals surface area contributed by atoms with Gasteiger partial charge in [0, 0.05) is 42.5 Å². The summed E-state index contributed by atoms with van der Waals surface area (Å²) in [5.41, 5.74) is 3.91. The van der Waals surface area contributed by atoms with Crippen LogP contribution in [0.3, 0.4) is 0 Å². The number of amides is 1. The standard InChI is InChI=1S/C23H26N4O.C6H9F3O2/c1-4-6-17(7-5-2)20-15-27(3)22-9-8-18(13-19(20)22)26-23(28)21-12-16(14-24)10-11-25-21;1-2-3-4(10)5(11)6(7,8)9/h8-13,15,17H,4-7H2,1-3H3,(H,26,28);5,11H,2-3H2,1H3. The number of Topliss-reactive ketones (excluding diaryl/α,β-unsaturated/α-hetero) is 1. The number of benzene rings is 1. The van der Waals surface area contributed by atoms with Gasteiger partial charge in [0.1, 0.15) is 5.69 Å². The smallest absolute Gasteiger partial charge is 0.377 e. The second kappa shape index (κ2) is 14.4. The van der Waals surface area contributed by atoms with Gasteiger partial charge in [0.25, 0.3) is 5.91 Å². The molecule has 0 aliphatic heterocycles. The number of aromatic nitrogens is 2. The zero-order valence-corrected chi connectivity index (χ0v) is 22.7. The Bertz CT molecular complexity index is 1310. The number of carbonyl (C=O) groups excluding carboxylic acids is 2. The molecule has 10 heteroatoms. The van der Waals surface area contributed by atoms with Crippen LogP contribution in [-0.4, -0.2) is 38.6 Å². The first kappa shape index (κ1) is 31.5. The summed E-state index contributed by atoms with van der Waals surface area (Å²) >= 11 is 0. The molecule has 0 spiro atoms. The van der Waals surface area contributed by atoms with Crippen LogP contribution in [0.5, 0.6) is 0 Å². The van der Waals surface area contributed by atoms with Crippen molar-refractivity contribution in [3.05, 3.63) is 59.5 Å². The highest BCUT2D eigenvalue weighted by molar-refractivity contribution is 6.04. The molecule has 0 saturated heterocycles. The van der Waals surface area contributed by atoms with Crippen molar-refractivity contribution in [1.29, 1.82) is 5.26 Å². The van der Waals surface area contributed by atoms with Crippen molar-refractivity contribution in [3.8, 4) is 6.07 Å². The molecule has 0 fully saturated rings. The summed E-state index contributed by atoms with van der Waals surface area (Å²) in [6.45, 7) is 6.02. The maximum atomic E-state index is 12.6. The van der Waals surface area contributed by atoms with Crippen LogP contribution < -0.4 is 5.32 Å². The fraction of sp³-hybridized carbons (Fsp3) is 0.448. The molecular weight excluding hydrogens is 509 g/mol. The number of aliphatic hydroxyl groups is 1. The highest BCUT2D eigenvalue weighted by atomic mass is 19.4. The van der Waals surface area contributed by atoms with Gasteiger partial charge in [-0.2, -0.15) is 18.4 Å².